The molecule has 0 fully saturated rings. The zero-order valence-electron chi connectivity index (χ0n) is 15.8. The van der Waals surface area contributed by atoms with Gasteiger partial charge in [-0.2, -0.15) is 0 Å². The van der Waals surface area contributed by atoms with Gasteiger partial charge in [-0.3, -0.25) is 4.79 Å². The number of aryl methyl sites for hydroxylation is 1. The summed E-state index contributed by atoms with van der Waals surface area (Å²) in [6, 6.07) is 16.2. The highest BCUT2D eigenvalue weighted by Crippen LogP contribution is 2.30. The van der Waals surface area contributed by atoms with Gasteiger partial charge in [0.05, 0.1) is 12.6 Å². The molecule has 3 aromatic rings. The van der Waals surface area contributed by atoms with E-state index in [0.29, 0.717) is 13.1 Å². The van der Waals surface area contributed by atoms with E-state index in [0.717, 1.165) is 40.8 Å². The number of aliphatic hydroxyl groups is 1. The summed E-state index contributed by atoms with van der Waals surface area (Å²) >= 11 is 0. The maximum Gasteiger partial charge on any atom is 0.270 e. The summed E-state index contributed by atoms with van der Waals surface area (Å²) in [7, 11) is 1.84. The number of carbonyl (C=O) groups excluding carboxylic acids is 1. The predicted octanol–water partition coefficient (Wildman–Crippen LogP) is 3.05. The molecule has 0 bridgehead atoms. The van der Waals surface area contributed by atoms with Crippen LogP contribution in [0.3, 0.4) is 0 Å². The van der Waals surface area contributed by atoms with E-state index in [1.165, 1.54) is 5.56 Å². The summed E-state index contributed by atoms with van der Waals surface area (Å²) in [4.78, 5) is 14.6. The van der Waals surface area contributed by atoms with Crippen LogP contribution in [0.15, 0.2) is 48.5 Å². The van der Waals surface area contributed by atoms with Gasteiger partial charge in [-0.25, -0.2) is 0 Å². The Morgan fingerprint density at radius 1 is 1.15 bits per heavy atom. The van der Waals surface area contributed by atoms with Gasteiger partial charge in [-0.1, -0.05) is 35.9 Å². The number of aromatic nitrogens is 1. The topological polar surface area (TPSA) is 57.5 Å². The Balaban J connectivity index is 1.59. The third kappa shape index (κ3) is 3.30. The van der Waals surface area contributed by atoms with E-state index in [4.69, 9.17) is 0 Å². The Hall–Kier alpha value is -2.79. The third-order valence-electron chi connectivity index (χ3n) is 5.31. The molecule has 5 heteroatoms. The largest absolute Gasteiger partial charge is 0.389 e. The first-order valence-electron chi connectivity index (χ1n) is 9.39. The molecule has 2 heterocycles. The molecule has 1 aliphatic rings. The number of rotatable bonds is 5. The maximum absolute atomic E-state index is 12.8. The van der Waals surface area contributed by atoms with Crippen LogP contribution in [-0.4, -0.2) is 46.7 Å². The minimum absolute atomic E-state index is 0.0335. The first kappa shape index (κ1) is 17.6. The van der Waals surface area contributed by atoms with E-state index < -0.39 is 6.10 Å². The van der Waals surface area contributed by atoms with Crippen molar-refractivity contribution in [1.82, 2.24) is 9.47 Å². The summed E-state index contributed by atoms with van der Waals surface area (Å²) in [6.07, 6.45) is 0.245. The molecular weight excluding hydrogens is 338 g/mol. The Bertz CT molecular complexity index is 975. The summed E-state index contributed by atoms with van der Waals surface area (Å²) in [5.74, 6) is 0.0335. The van der Waals surface area contributed by atoms with Crippen molar-refractivity contribution in [3.63, 3.8) is 0 Å². The third-order valence-corrected chi connectivity index (χ3v) is 5.31. The lowest BCUT2D eigenvalue weighted by molar-refractivity contribution is 0.0765. The standard InChI is InChI=1S/C22H25N3O2/c1-15-7-9-16(10-8-15)23-13-17(26)14-25-20-6-4-3-5-18(20)19-11-12-24(2)22(27)21(19)25/h3-10,17,23,26H,11-14H2,1-2H3/t17-/m1/s1. The van der Waals surface area contributed by atoms with Gasteiger partial charge >= 0.3 is 0 Å². The normalized spacial score (nSPS) is 15.1. The highest BCUT2D eigenvalue weighted by Gasteiger charge is 2.29. The number of anilines is 1. The first-order valence-corrected chi connectivity index (χ1v) is 9.39. The Morgan fingerprint density at radius 3 is 2.67 bits per heavy atom. The van der Waals surface area contributed by atoms with Crippen molar-refractivity contribution in [2.24, 2.45) is 0 Å². The van der Waals surface area contributed by atoms with E-state index >= 15 is 0 Å². The van der Waals surface area contributed by atoms with Crippen molar-refractivity contribution in [3.05, 3.63) is 65.4 Å². The molecule has 0 radical (unpaired) electrons. The van der Waals surface area contributed by atoms with E-state index in [1.54, 1.807) is 4.90 Å². The van der Waals surface area contributed by atoms with E-state index in [-0.39, 0.29) is 5.91 Å². The lowest BCUT2D eigenvalue weighted by Crippen LogP contribution is -2.36. The molecule has 2 N–H and O–H groups in total. The van der Waals surface area contributed by atoms with Crippen molar-refractivity contribution >= 4 is 22.5 Å². The van der Waals surface area contributed by atoms with Crippen molar-refractivity contribution in [1.29, 1.82) is 0 Å². The molecule has 0 saturated carbocycles. The molecule has 1 atom stereocenters. The van der Waals surface area contributed by atoms with Gasteiger partial charge in [-0.15, -0.1) is 0 Å². The fourth-order valence-corrected chi connectivity index (χ4v) is 3.81. The van der Waals surface area contributed by atoms with Gasteiger partial charge < -0.3 is 19.9 Å². The molecule has 5 nitrogen and oxygen atoms in total. The minimum Gasteiger partial charge on any atom is -0.389 e. The minimum atomic E-state index is -0.605. The van der Waals surface area contributed by atoms with Crippen LogP contribution in [0.4, 0.5) is 5.69 Å². The number of fused-ring (bicyclic) bond motifs is 3. The molecular formula is C22H25N3O2. The number of nitrogens with zero attached hydrogens (tertiary/aromatic N) is 2. The lowest BCUT2D eigenvalue weighted by Gasteiger charge is -2.25. The van der Waals surface area contributed by atoms with Gasteiger partial charge in [0.15, 0.2) is 0 Å². The fraction of sp³-hybridized carbons (Fsp3) is 0.318. The lowest BCUT2D eigenvalue weighted by atomic mass is 10.0. The van der Waals surface area contributed by atoms with Crippen molar-refractivity contribution in [2.45, 2.75) is 26.0 Å². The van der Waals surface area contributed by atoms with Crippen LogP contribution in [0.2, 0.25) is 0 Å². The predicted molar refractivity (Wildman–Crippen MR) is 108 cm³/mol. The molecule has 0 saturated heterocycles. The van der Waals surface area contributed by atoms with E-state index in [2.05, 4.69) is 11.4 Å². The van der Waals surface area contributed by atoms with Crippen LogP contribution in [0, 0.1) is 6.92 Å². The molecule has 1 aliphatic heterocycles. The first-order chi connectivity index (χ1) is 13.0. The molecule has 1 aromatic heterocycles. The highest BCUT2D eigenvalue weighted by atomic mass is 16.3. The van der Waals surface area contributed by atoms with Gasteiger partial charge in [0.1, 0.15) is 5.69 Å². The monoisotopic (exact) mass is 363 g/mol. The summed E-state index contributed by atoms with van der Waals surface area (Å²) in [6.45, 7) is 3.59. The molecule has 27 heavy (non-hydrogen) atoms. The quantitative estimate of drug-likeness (QED) is 0.733. The van der Waals surface area contributed by atoms with Crippen molar-refractivity contribution in [3.8, 4) is 0 Å². The van der Waals surface area contributed by atoms with Crippen LogP contribution >= 0.6 is 0 Å². The molecule has 0 aliphatic carbocycles. The molecule has 1 amide bonds. The highest BCUT2D eigenvalue weighted by molar-refractivity contribution is 6.02. The molecule has 0 unspecified atom stereocenters. The van der Waals surface area contributed by atoms with Crippen LogP contribution in [0.25, 0.3) is 10.9 Å². The summed E-state index contributed by atoms with van der Waals surface area (Å²) < 4.78 is 1.99. The number of benzene rings is 2. The van der Waals surface area contributed by atoms with E-state index in [1.807, 2.05) is 61.0 Å². The fourth-order valence-electron chi connectivity index (χ4n) is 3.81. The summed E-state index contributed by atoms with van der Waals surface area (Å²) in [5, 5.41) is 15.0. The van der Waals surface area contributed by atoms with Crippen LogP contribution < -0.4 is 5.32 Å². The van der Waals surface area contributed by atoms with Crippen molar-refractivity contribution < 1.29 is 9.90 Å². The van der Waals surface area contributed by atoms with Crippen LogP contribution in [-0.2, 0) is 13.0 Å². The molecule has 140 valence electrons. The average Bonchev–Trinajstić information content (AvgIpc) is 2.99. The number of amides is 1. The van der Waals surface area contributed by atoms with E-state index in [9.17, 15) is 9.90 Å². The van der Waals surface area contributed by atoms with Gasteiger partial charge in [0.25, 0.3) is 5.91 Å². The second-order valence-electron chi connectivity index (χ2n) is 7.33. The number of para-hydroxylation sites is 1. The van der Waals surface area contributed by atoms with Gasteiger partial charge in [-0.05, 0) is 37.1 Å². The zero-order valence-corrected chi connectivity index (χ0v) is 15.8. The number of nitrogens with one attached hydrogen (secondary N) is 1. The van der Waals surface area contributed by atoms with Crippen molar-refractivity contribution in [2.75, 3.05) is 25.5 Å². The average molecular weight is 363 g/mol. The number of likely N-dealkylation sites (N-methyl/N-ethyl adjacent to an activating group) is 1. The second kappa shape index (κ2) is 7.08. The number of carbonyl (C=O) groups is 1. The van der Waals surface area contributed by atoms with Crippen LogP contribution in [0.1, 0.15) is 21.6 Å². The summed E-state index contributed by atoms with van der Waals surface area (Å²) in [5.41, 5.74) is 5.02. The van der Waals surface area contributed by atoms with Gasteiger partial charge in [0, 0.05) is 36.7 Å². The number of aliphatic hydroxyl groups excluding tert-OH is 1. The van der Waals surface area contributed by atoms with Gasteiger partial charge in [0.2, 0.25) is 0 Å². The Kier molecular flexibility index (Phi) is 4.62. The SMILES string of the molecule is Cc1ccc(NC[C@@H](O)Cn2c3c(c4ccccc42)CCN(C)C3=O)cc1. The number of hydrogen-bond acceptors (Lipinski definition) is 3. The second-order valence-corrected chi connectivity index (χ2v) is 7.33. The molecule has 4 rings (SSSR count). The number of hydrogen-bond donors (Lipinski definition) is 2. The zero-order chi connectivity index (χ0) is 19.0. The smallest absolute Gasteiger partial charge is 0.270 e. The Labute approximate surface area is 159 Å². The molecule has 0 spiro atoms. The Morgan fingerprint density at radius 2 is 1.89 bits per heavy atom. The maximum atomic E-state index is 12.8. The molecule has 2 aromatic carbocycles. The van der Waals surface area contributed by atoms with Crippen LogP contribution in [0.5, 0.6) is 0 Å².